The van der Waals surface area contributed by atoms with Crippen LogP contribution in [-0.4, -0.2) is 9.78 Å². The molecule has 1 aromatic heterocycles. The first kappa shape index (κ1) is 14.0. The van der Waals surface area contributed by atoms with Crippen molar-refractivity contribution in [3.63, 3.8) is 0 Å². The minimum absolute atomic E-state index is 0.0827. The van der Waals surface area contributed by atoms with E-state index in [-0.39, 0.29) is 11.1 Å². The molecule has 6 heteroatoms. The zero-order valence-corrected chi connectivity index (χ0v) is 11.4. The van der Waals surface area contributed by atoms with Gasteiger partial charge in [0, 0.05) is 12.7 Å². The lowest BCUT2D eigenvalue weighted by Crippen LogP contribution is -2.30. The van der Waals surface area contributed by atoms with E-state index in [9.17, 15) is 4.39 Å². The van der Waals surface area contributed by atoms with Crippen LogP contribution in [0.15, 0.2) is 30.5 Å². The van der Waals surface area contributed by atoms with E-state index in [4.69, 9.17) is 17.4 Å². The molecule has 0 aliphatic heterocycles. The molecule has 1 atom stereocenters. The average molecular weight is 283 g/mol. The van der Waals surface area contributed by atoms with Crippen molar-refractivity contribution in [2.45, 2.75) is 25.9 Å². The molecule has 0 aliphatic rings. The van der Waals surface area contributed by atoms with Crippen LogP contribution in [-0.2, 0) is 6.54 Å². The predicted octanol–water partition coefficient (Wildman–Crippen LogP) is 2.64. The van der Waals surface area contributed by atoms with Gasteiger partial charge in [0.2, 0.25) is 0 Å². The molecule has 3 N–H and O–H groups in total. The van der Waals surface area contributed by atoms with E-state index >= 15 is 0 Å². The van der Waals surface area contributed by atoms with Crippen molar-refractivity contribution in [3.05, 3.63) is 52.6 Å². The Balaban J connectivity index is 2.38. The van der Waals surface area contributed by atoms with Gasteiger partial charge < -0.3 is 0 Å². The molecule has 0 spiro atoms. The number of hydrogen-bond donors (Lipinski definition) is 2. The Kier molecular flexibility index (Phi) is 4.52. The van der Waals surface area contributed by atoms with E-state index < -0.39 is 5.82 Å². The zero-order chi connectivity index (χ0) is 13.8. The maximum absolute atomic E-state index is 13.2. The molecular weight excluding hydrogens is 267 g/mol. The molecule has 2 rings (SSSR count). The van der Waals surface area contributed by atoms with Crippen LogP contribution in [0.2, 0.25) is 5.02 Å². The molecule has 0 amide bonds. The third kappa shape index (κ3) is 2.94. The molecule has 1 heterocycles. The minimum Gasteiger partial charge on any atom is -0.271 e. The molecule has 1 aromatic carbocycles. The number of nitrogens with two attached hydrogens (primary N) is 1. The number of halogens is 2. The predicted molar refractivity (Wildman–Crippen MR) is 73.1 cm³/mol. The molecule has 0 saturated carbocycles. The van der Waals surface area contributed by atoms with Crippen molar-refractivity contribution in [1.29, 1.82) is 0 Å². The van der Waals surface area contributed by atoms with Crippen LogP contribution in [0.5, 0.6) is 0 Å². The number of aromatic nitrogens is 2. The average Bonchev–Trinajstić information content (AvgIpc) is 2.83. The SMILES string of the molecule is CCCn1nccc1C(NN)c1ccc(F)c(Cl)c1. The molecule has 0 saturated heterocycles. The number of hydrogen-bond acceptors (Lipinski definition) is 3. The van der Waals surface area contributed by atoms with Gasteiger partial charge in [0.25, 0.3) is 0 Å². The van der Waals surface area contributed by atoms with Crippen LogP contribution in [0.4, 0.5) is 4.39 Å². The summed E-state index contributed by atoms with van der Waals surface area (Å²) >= 11 is 5.81. The quantitative estimate of drug-likeness (QED) is 0.655. The summed E-state index contributed by atoms with van der Waals surface area (Å²) in [5.41, 5.74) is 4.45. The maximum atomic E-state index is 13.2. The topological polar surface area (TPSA) is 55.9 Å². The fourth-order valence-electron chi connectivity index (χ4n) is 2.03. The smallest absolute Gasteiger partial charge is 0.141 e. The van der Waals surface area contributed by atoms with Crippen molar-refractivity contribution in [2.24, 2.45) is 5.84 Å². The molecule has 102 valence electrons. The summed E-state index contributed by atoms with van der Waals surface area (Å²) in [6.07, 6.45) is 2.69. The van der Waals surface area contributed by atoms with Gasteiger partial charge in [0.15, 0.2) is 0 Å². The highest BCUT2D eigenvalue weighted by molar-refractivity contribution is 6.30. The standard InChI is InChI=1S/C13H16ClFN4/c1-2-7-19-12(5-6-17-19)13(18-16)9-3-4-11(15)10(14)8-9/h3-6,8,13,18H,2,7,16H2,1H3. The fourth-order valence-corrected chi connectivity index (χ4v) is 2.22. The van der Waals surface area contributed by atoms with Gasteiger partial charge in [0.1, 0.15) is 5.82 Å². The largest absolute Gasteiger partial charge is 0.271 e. The van der Waals surface area contributed by atoms with Crippen molar-refractivity contribution in [2.75, 3.05) is 0 Å². The van der Waals surface area contributed by atoms with Gasteiger partial charge in [0.05, 0.1) is 16.8 Å². The molecule has 2 aromatic rings. The molecule has 19 heavy (non-hydrogen) atoms. The third-order valence-corrected chi connectivity index (χ3v) is 3.21. The number of nitrogens with zero attached hydrogens (tertiary/aromatic N) is 2. The van der Waals surface area contributed by atoms with Gasteiger partial charge in [-0.25, -0.2) is 9.82 Å². The number of aryl methyl sites for hydroxylation is 1. The van der Waals surface area contributed by atoms with E-state index in [1.54, 1.807) is 18.3 Å². The van der Waals surface area contributed by atoms with Crippen LogP contribution in [0, 0.1) is 5.82 Å². The molecular formula is C13H16ClFN4. The van der Waals surface area contributed by atoms with E-state index in [0.29, 0.717) is 0 Å². The van der Waals surface area contributed by atoms with Gasteiger partial charge >= 0.3 is 0 Å². The first-order valence-corrected chi connectivity index (χ1v) is 6.48. The Morgan fingerprint density at radius 1 is 1.47 bits per heavy atom. The van der Waals surface area contributed by atoms with Crippen molar-refractivity contribution < 1.29 is 4.39 Å². The minimum atomic E-state index is -0.441. The van der Waals surface area contributed by atoms with Crippen LogP contribution >= 0.6 is 11.6 Å². The maximum Gasteiger partial charge on any atom is 0.141 e. The van der Waals surface area contributed by atoms with E-state index in [2.05, 4.69) is 17.4 Å². The van der Waals surface area contributed by atoms with E-state index in [0.717, 1.165) is 24.2 Å². The number of rotatable bonds is 5. The normalized spacial score (nSPS) is 12.6. The first-order chi connectivity index (χ1) is 9.17. The second-order valence-electron chi connectivity index (χ2n) is 4.25. The van der Waals surface area contributed by atoms with Crippen molar-refractivity contribution >= 4 is 11.6 Å². The van der Waals surface area contributed by atoms with E-state index in [1.165, 1.54) is 6.07 Å². The third-order valence-electron chi connectivity index (χ3n) is 2.92. The van der Waals surface area contributed by atoms with Crippen molar-refractivity contribution in [3.8, 4) is 0 Å². The second-order valence-corrected chi connectivity index (χ2v) is 4.66. The summed E-state index contributed by atoms with van der Waals surface area (Å²) in [5.74, 6) is 5.18. The molecule has 0 radical (unpaired) electrons. The highest BCUT2D eigenvalue weighted by atomic mass is 35.5. The lowest BCUT2D eigenvalue weighted by atomic mass is 10.0. The summed E-state index contributed by atoms with van der Waals surface area (Å²) in [4.78, 5) is 0. The zero-order valence-electron chi connectivity index (χ0n) is 10.6. The van der Waals surface area contributed by atoms with Gasteiger partial charge in [-0.2, -0.15) is 5.10 Å². The second kappa shape index (κ2) is 6.14. The Hall–Kier alpha value is -1.43. The number of hydrazine groups is 1. The number of nitrogens with one attached hydrogen (secondary N) is 1. The van der Waals surface area contributed by atoms with E-state index in [1.807, 2.05) is 10.7 Å². The first-order valence-electron chi connectivity index (χ1n) is 6.10. The number of benzene rings is 1. The van der Waals surface area contributed by atoms with Crippen LogP contribution in [0.1, 0.15) is 30.6 Å². The Morgan fingerprint density at radius 2 is 2.26 bits per heavy atom. The molecule has 4 nitrogen and oxygen atoms in total. The monoisotopic (exact) mass is 282 g/mol. The summed E-state index contributed by atoms with van der Waals surface area (Å²) in [5, 5.41) is 4.34. The van der Waals surface area contributed by atoms with Crippen LogP contribution in [0.25, 0.3) is 0 Å². The Labute approximate surface area is 116 Å². The molecule has 1 unspecified atom stereocenters. The van der Waals surface area contributed by atoms with Crippen LogP contribution in [0.3, 0.4) is 0 Å². The highest BCUT2D eigenvalue weighted by Gasteiger charge is 2.17. The van der Waals surface area contributed by atoms with Gasteiger partial charge in [-0.15, -0.1) is 0 Å². The molecule has 0 bridgehead atoms. The Morgan fingerprint density at radius 3 is 2.89 bits per heavy atom. The van der Waals surface area contributed by atoms with Gasteiger partial charge in [-0.05, 0) is 30.2 Å². The van der Waals surface area contributed by atoms with Crippen molar-refractivity contribution in [1.82, 2.24) is 15.2 Å². The lowest BCUT2D eigenvalue weighted by Gasteiger charge is -2.18. The summed E-state index contributed by atoms with van der Waals surface area (Å²) in [6.45, 7) is 2.88. The molecule has 0 fully saturated rings. The van der Waals surface area contributed by atoms with Crippen LogP contribution < -0.4 is 11.3 Å². The summed E-state index contributed by atoms with van der Waals surface area (Å²) in [6, 6.07) is 6.19. The fraction of sp³-hybridized carbons (Fsp3) is 0.308. The summed E-state index contributed by atoms with van der Waals surface area (Å²) in [7, 11) is 0. The Bertz CT molecular complexity index is 555. The van der Waals surface area contributed by atoms with Gasteiger partial charge in [-0.3, -0.25) is 10.5 Å². The lowest BCUT2D eigenvalue weighted by molar-refractivity contribution is 0.520. The summed E-state index contributed by atoms with van der Waals surface area (Å²) < 4.78 is 15.1. The molecule has 0 aliphatic carbocycles. The van der Waals surface area contributed by atoms with Gasteiger partial charge in [-0.1, -0.05) is 24.6 Å². The highest BCUT2D eigenvalue weighted by Crippen LogP contribution is 2.25.